The second kappa shape index (κ2) is 7.27. The zero-order chi connectivity index (χ0) is 15.1. The van der Waals surface area contributed by atoms with Gasteiger partial charge in [0, 0.05) is 23.6 Å². The normalized spacial score (nSPS) is 9.81. The van der Waals surface area contributed by atoms with E-state index in [-0.39, 0.29) is 12.5 Å². The quantitative estimate of drug-likeness (QED) is 0.837. The maximum absolute atomic E-state index is 12.2. The second-order valence-corrected chi connectivity index (χ2v) is 4.41. The molecule has 21 heavy (non-hydrogen) atoms. The predicted molar refractivity (Wildman–Crippen MR) is 77.4 cm³/mol. The van der Waals surface area contributed by atoms with Crippen molar-refractivity contribution < 1.29 is 14.4 Å². The lowest BCUT2D eigenvalue weighted by atomic mass is 10.0. The molecule has 1 amide bonds. The number of hydrogen-bond donors (Lipinski definition) is 2. The van der Waals surface area contributed by atoms with Gasteiger partial charge in [0.05, 0.1) is 19.3 Å². The first-order valence-electron chi connectivity index (χ1n) is 6.59. The molecule has 108 valence electrons. The number of aliphatic hydroxyl groups excluding tert-OH is 1. The lowest BCUT2D eigenvalue weighted by molar-refractivity contribution is 0.0946. The molecule has 0 fully saturated rings. The maximum atomic E-state index is 12.2. The third-order valence-electron chi connectivity index (χ3n) is 2.95. The van der Waals surface area contributed by atoms with Crippen LogP contribution in [-0.2, 0) is 6.54 Å². The van der Waals surface area contributed by atoms with Crippen molar-refractivity contribution in [2.24, 2.45) is 0 Å². The summed E-state index contributed by atoms with van der Waals surface area (Å²) < 4.78 is 4.93. The van der Waals surface area contributed by atoms with Crippen molar-refractivity contribution in [3.05, 3.63) is 52.9 Å². The first-order valence-corrected chi connectivity index (χ1v) is 6.59. The monoisotopic (exact) mass is 284 g/mol. The van der Waals surface area contributed by atoms with Crippen molar-refractivity contribution in [2.45, 2.75) is 19.9 Å². The summed E-state index contributed by atoms with van der Waals surface area (Å²) in [7, 11) is 0. The molecule has 1 aromatic carbocycles. The Hall–Kier alpha value is -2.58. The van der Waals surface area contributed by atoms with Gasteiger partial charge in [-0.1, -0.05) is 23.1 Å². The van der Waals surface area contributed by atoms with E-state index in [0.29, 0.717) is 24.3 Å². The summed E-state index contributed by atoms with van der Waals surface area (Å²) in [6.07, 6.45) is 1.95. The first kappa shape index (κ1) is 14.8. The fourth-order valence-corrected chi connectivity index (χ4v) is 1.83. The third kappa shape index (κ3) is 3.94. The van der Waals surface area contributed by atoms with Crippen LogP contribution < -0.4 is 5.32 Å². The molecule has 1 aromatic heterocycles. The topological polar surface area (TPSA) is 75.4 Å². The molecule has 0 saturated carbocycles. The van der Waals surface area contributed by atoms with E-state index in [0.717, 1.165) is 11.1 Å². The molecule has 2 rings (SSSR count). The smallest absolute Gasteiger partial charge is 0.251 e. The van der Waals surface area contributed by atoms with E-state index < -0.39 is 0 Å². The summed E-state index contributed by atoms with van der Waals surface area (Å²) in [6.45, 7) is 2.18. The van der Waals surface area contributed by atoms with Gasteiger partial charge in [0.1, 0.15) is 0 Å². The molecule has 0 aliphatic rings. The number of benzene rings is 1. The zero-order valence-corrected chi connectivity index (χ0v) is 11.7. The van der Waals surface area contributed by atoms with Gasteiger partial charge in [-0.05, 0) is 24.6 Å². The molecule has 5 heteroatoms. The molecule has 0 aliphatic heterocycles. The van der Waals surface area contributed by atoms with E-state index in [9.17, 15) is 4.79 Å². The van der Waals surface area contributed by atoms with Gasteiger partial charge in [0.2, 0.25) is 0 Å². The van der Waals surface area contributed by atoms with E-state index in [4.69, 9.17) is 9.63 Å². The average molecular weight is 284 g/mol. The van der Waals surface area contributed by atoms with Crippen LogP contribution in [-0.4, -0.2) is 22.8 Å². The molecule has 0 aliphatic carbocycles. The summed E-state index contributed by atoms with van der Waals surface area (Å²) >= 11 is 0. The Bertz CT molecular complexity index is 667. The second-order valence-electron chi connectivity index (χ2n) is 4.41. The molecule has 1 heterocycles. The van der Waals surface area contributed by atoms with E-state index in [1.165, 1.54) is 6.20 Å². The Kier molecular flexibility index (Phi) is 5.13. The highest BCUT2D eigenvalue weighted by molar-refractivity contribution is 5.96. The molecule has 5 nitrogen and oxygen atoms in total. The van der Waals surface area contributed by atoms with Crippen molar-refractivity contribution in [2.75, 3.05) is 6.61 Å². The Morgan fingerprint density at radius 2 is 2.29 bits per heavy atom. The van der Waals surface area contributed by atoms with Crippen LogP contribution in [0.1, 0.15) is 33.7 Å². The molecule has 2 N–H and O–H groups in total. The molecule has 0 radical (unpaired) electrons. The average Bonchev–Trinajstić information content (AvgIpc) is 3.00. The highest BCUT2D eigenvalue weighted by Crippen LogP contribution is 2.13. The number of hydrogen-bond acceptors (Lipinski definition) is 4. The van der Waals surface area contributed by atoms with Gasteiger partial charge in [-0.3, -0.25) is 4.79 Å². The third-order valence-corrected chi connectivity index (χ3v) is 2.95. The van der Waals surface area contributed by atoms with Gasteiger partial charge in [0.25, 0.3) is 5.91 Å². The summed E-state index contributed by atoms with van der Waals surface area (Å²) in [4.78, 5) is 12.2. The van der Waals surface area contributed by atoms with Gasteiger partial charge >= 0.3 is 0 Å². The molecule has 0 atom stereocenters. The van der Waals surface area contributed by atoms with Crippen LogP contribution in [0.15, 0.2) is 35.0 Å². The number of nitrogens with zero attached hydrogens (tertiary/aromatic N) is 1. The summed E-state index contributed by atoms with van der Waals surface area (Å²) in [5.41, 5.74) is 2.18. The van der Waals surface area contributed by atoms with Crippen LogP contribution in [0.4, 0.5) is 0 Å². The van der Waals surface area contributed by atoms with Gasteiger partial charge < -0.3 is 14.9 Å². The highest BCUT2D eigenvalue weighted by atomic mass is 16.5. The largest absolute Gasteiger partial charge is 0.395 e. The van der Waals surface area contributed by atoms with Crippen LogP contribution in [0.5, 0.6) is 0 Å². The SMILES string of the molecule is Cc1c(C#CCCO)cccc1C(=O)NCc1ccno1. The zero-order valence-electron chi connectivity index (χ0n) is 11.7. The summed E-state index contributed by atoms with van der Waals surface area (Å²) in [6, 6.07) is 7.10. The number of carbonyl (C=O) groups excluding carboxylic acids is 1. The van der Waals surface area contributed by atoms with E-state index in [1.807, 2.05) is 13.0 Å². The molecule has 0 bridgehead atoms. The molecule has 0 saturated heterocycles. The number of aliphatic hydroxyl groups is 1. The van der Waals surface area contributed by atoms with Gasteiger partial charge in [0.15, 0.2) is 5.76 Å². The van der Waals surface area contributed by atoms with Crippen LogP contribution in [0.25, 0.3) is 0 Å². The van der Waals surface area contributed by atoms with Crippen molar-refractivity contribution in [3.63, 3.8) is 0 Å². The van der Waals surface area contributed by atoms with Gasteiger partial charge in [-0.2, -0.15) is 0 Å². The van der Waals surface area contributed by atoms with Gasteiger partial charge in [-0.25, -0.2) is 0 Å². The molecule has 0 unspecified atom stereocenters. The number of amides is 1. The van der Waals surface area contributed by atoms with E-state index in [1.54, 1.807) is 18.2 Å². The molecular formula is C16H16N2O3. The van der Waals surface area contributed by atoms with Crippen LogP contribution in [0.2, 0.25) is 0 Å². The summed E-state index contributed by atoms with van der Waals surface area (Å²) in [5, 5.41) is 15.1. The Labute approximate surface area is 123 Å². The number of nitrogens with one attached hydrogen (secondary N) is 1. The number of aromatic nitrogens is 1. The predicted octanol–water partition coefficient (Wildman–Crippen LogP) is 1.65. The highest BCUT2D eigenvalue weighted by Gasteiger charge is 2.11. The van der Waals surface area contributed by atoms with E-state index >= 15 is 0 Å². The van der Waals surface area contributed by atoms with Crippen LogP contribution in [0.3, 0.4) is 0 Å². The minimum atomic E-state index is -0.185. The fourth-order valence-electron chi connectivity index (χ4n) is 1.83. The Morgan fingerprint density at radius 3 is 3.00 bits per heavy atom. The lowest BCUT2D eigenvalue weighted by Gasteiger charge is -2.07. The number of carbonyl (C=O) groups is 1. The minimum absolute atomic E-state index is 0.0312. The fraction of sp³-hybridized carbons (Fsp3) is 0.250. The van der Waals surface area contributed by atoms with Crippen LogP contribution >= 0.6 is 0 Å². The molecule has 0 spiro atoms. The van der Waals surface area contributed by atoms with Gasteiger partial charge in [-0.15, -0.1) is 0 Å². The minimum Gasteiger partial charge on any atom is -0.395 e. The molecule has 2 aromatic rings. The van der Waals surface area contributed by atoms with Crippen molar-refractivity contribution in [1.82, 2.24) is 10.5 Å². The number of rotatable bonds is 4. The van der Waals surface area contributed by atoms with Crippen molar-refractivity contribution in [3.8, 4) is 11.8 Å². The maximum Gasteiger partial charge on any atom is 0.251 e. The standard InChI is InChI=1S/C16H16N2O3/c1-12-13(5-2-3-10-19)6-4-7-15(12)16(20)17-11-14-8-9-18-21-14/h4,6-9,19H,3,10-11H2,1H3,(H,17,20). The Balaban J connectivity index is 2.10. The first-order chi connectivity index (χ1) is 10.2. The Morgan fingerprint density at radius 1 is 1.43 bits per heavy atom. The van der Waals surface area contributed by atoms with Crippen LogP contribution in [0, 0.1) is 18.8 Å². The molecular weight excluding hydrogens is 268 g/mol. The van der Waals surface area contributed by atoms with Crippen molar-refractivity contribution in [1.29, 1.82) is 0 Å². The lowest BCUT2D eigenvalue weighted by Crippen LogP contribution is -2.23. The van der Waals surface area contributed by atoms with E-state index in [2.05, 4.69) is 22.3 Å². The summed E-state index contributed by atoms with van der Waals surface area (Å²) in [5.74, 6) is 6.23. The van der Waals surface area contributed by atoms with Crippen molar-refractivity contribution >= 4 is 5.91 Å².